The first-order valence-corrected chi connectivity index (χ1v) is 5.25. The molecule has 1 saturated heterocycles. The lowest BCUT2D eigenvalue weighted by Gasteiger charge is -2.36. The molecule has 0 amide bonds. The Balaban J connectivity index is 2.41. The molecule has 0 aromatic heterocycles. The Morgan fingerprint density at radius 2 is 2.31 bits per heavy atom. The first-order chi connectivity index (χ1) is 6.13. The summed E-state index contributed by atoms with van der Waals surface area (Å²) >= 11 is 5.70. The van der Waals surface area contributed by atoms with E-state index >= 15 is 0 Å². The Morgan fingerprint density at radius 1 is 1.62 bits per heavy atom. The molecule has 1 aliphatic heterocycles. The maximum absolute atomic E-state index is 5.70. The Labute approximate surface area is 85.5 Å². The number of hydrogen-bond acceptors (Lipinski definition) is 2. The van der Waals surface area contributed by atoms with E-state index in [0.717, 1.165) is 25.3 Å². The van der Waals surface area contributed by atoms with E-state index in [4.69, 9.17) is 16.3 Å². The van der Waals surface area contributed by atoms with Gasteiger partial charge in [0.1, 0.15) is 0 Å². The molecule has 2 nitrogen and oxygen atoms in total. The molecule has 2 unspecified atom stereocenters. The summed E-state index contributed by atoms with van der Waals surface area (Å²) in [4.78, 5) is 2.37. The Bertz CT molecular complexity index is 184. The van der Waals surface area contributed by atoms with E-state index < -0.39 is 0 Å². The second kappa shape index (κ2) is 4.99. The second-order valence-corrected chi connectivity index (χ2v) is 4.07. The van der Waals surface area contributed by atoms with Gasteiger partial charge in [0.2, 0.25) is 0 Å². The molecule has 1 fully saturated rings. The number of nitrogens with zero attached hydrogens (tertiary/aromatic N) is 1. The van der Waals surface area contributed by atoms with E-state index in [1.165, 1.54) is 0 Å². The second-order valence-electron chi connectivity index (χ2n) is 3.81. The van der Waals surface area contributed by atoms with E-state index in [-0.39, 0.29) is 0 Å². The van der Waals surface area contributed by atoms with Gasteiger partial charge >= 0.3 is 0 Å². The number of hydrogen-bond donors (Lipinski definition) is 0. The Kier molecular flexibility index (Phi) is 4.23. The first kappa shape index (κ1) is 11.0. The summed E-state index contributed by atoms with van der Waals surface area (Å²) in [5, 5.41) is 0. The van der Waals surface area contributed by atoms with E-state index in [1.807, 2.05) is 0 Å². The average Bonchev–Trinajstić information content (AvgIpc) is 2.11. The highest BCUT2D eigenvalue weighted by atomic mass is 35.5. The van der Waals surface area contributed by atoms with Crippen LogP contribution in [0.5, 0.6) is 0 Å². The lowest BCUT2D eigenvalue weighted by molar-refractivity contribution is -0.0456. The number of halogens is 1. The van der Waals surface area contributed by atoms with Gasteiger partial charge < -0.3 is 4.74 Å². The molecule has 1 aliphatic rings. The monoisotopic (exact) mass is 203 g/mol. The molecule has 0 spiro atoms. The first-order valence-electron chi connectivity index (χ1n) is 4.71. The number of ether oxygens (including phenoxy) is 1. The molecule has 0 aromatic rings. The molecule has 0 radical (unpaired) electrons. The van der Waals surface area contributed by atoms with Crippen LogP contribution in [0.15, 0.2) is 12.2 Å². The average molecular weight is 204 g/mol. The molecule has 0 bridgehead atoms. The Morgan fingerprint density at radius 3 is 2.92 bits per heavy atom. The van der Waals surface area contributed by atoms with Gasteiger partial charge in [0.05, 0.1) is 12.7 Å². The van der Waals surface area contributed by atoms with Crippen molar-refractivity contribution < 1.29 is 4.74 Å². The van der Waals surface area contributed by atoms with Crippen LogP contribution in [0, 0.1) is 0 Å². The smallest absolute Gasteiger partial charge is 0.0674 e. The molecule has 13 heavy (non-hydrogen) atoms. The van der Waals surface area contributed by atoms with Crippen LogP contribution in [0.3, 0.4) is 0 Å². The predicted octanol–water partition coefficient (Wildman–Crippen LogP) is 1.89. The molecule has 0 aliphatic carbocycles. The fourth-order valence-corrected chi connectivity index (χ4v) is 1.61. The van der Waals surface area contributed by atoms with Crippen LogP contribution < -0.4 is 0 Å². The summed E-state index contributed by atoms with van der Waals surface area (Å²) < 4.78 is 5.53. The molecule has 76 valence electrons. The topological polar surface area (TPSA) is 12.5 Å². The zero-order valence-electron chi connectivity index (χ0n) is 8.42. The van der Waals surface area contributed by atoms with Gasteiger partial charge in [-0.25, -0.2) is 0 Å². The molecule has 1 heterocycles. The minimum atomic E-state index is 0.333. The van der Waals surface area contributed by atoms with Crippen molar-refractivity contribution in [1.29, 1.82) is 0 Å². The molecule has 0 N–H and O–H groups in total. The molecule has 3 heteroatoms. The van der Waals surface area contributed by atoms with Crippen molar-refractivity contribution >= 4 is 11.6 Å². The van der Waals surface area contributed by atoms with Gasteiger partial charge in [-0.3, -0.25) is 4.90 Å². The summed E-state index contributed by atoms with van der Waals surface area (Å²) in [7, 11) is 0. The summed E-state index contributed by atoms with van der Waals surface area (Å²) in [6.07, 6.45) is 0.333. The quantitative estimate of drug-likeness (QED) is 0.513. The molecule has 0 saturated carbocycles. The summed E-state index contributed by atoms with van der Waals surface area (Å²) in [5.74, 6) is 0.554. The third-order valence-electron chi connectivity index (χ3n) is 2.35. The molecule has 2 atom stereocenters. The maximum atomic E-state index is 5.70. The van der Waals surface area contributed by atoms with E-state index in [9.17, 15) is 0 Å². The number of morpholine rings is 1. The maximum Gasteiger partial charge on any atom is 0.0674 e. The van der Waals surface area contributed by atoms with Crippen LogP contribution in [-0.4, -0.2) is 42.6 Å². The van der Waals surface area contributed by atoms with Crippen molar-refractivity contribution in [3.8, 4) is 0 Å². The van der Waals surface area contributed by atoms with Crippen LogP contribution in [0.2, 0.25) is 0 Å². The van der Waals surface area contributed by atoms with Crippen LogP contribution in [0.1, 0.15) is 13.8 Å². The highest BCUT2D eigenvalue weighted by Crippen LogP contribution is 2.12. The minimum absolute atomic E-state index is 0.333. The predicted molar refractivity (Wildman–Crippen MR) is 56.3 cm³/mol. The van der Waals surface area contributed by atoms with E-state index in [0.29, 0.717) is 18.0 Å². The largest absolute Gasteiger partial charge is 0.376 e. The standard InChI is InChI=1S/C10H18ClNO/c1-8(4-11)5-12-6-10(3)13-7-9(12)2/h9-10H,1,4-7H2,2-3H3. The van der Waals surface area contributed by atoms with Crippen molar-refractivity contribution in [2.45, 2.75) is 26.0 Å². The van der Waals surface area contributed by atoms with Gasteiger partial charge in [0.25, 0.3) is 0 Å². The third kappa shape index (κ3) is 3.29. The SMILES string of the molecule is C=C(CCl)CN1CC(C)OCC1C. The van der Waals surface area contributed by atoms with Crippen molar-refractivity contribution in [3.63, 3.8) is 0 Å². The molecule has 0 aromatic carbocycles. The summed E-state index contributed by atoms with van der Waals surface area (Å²) in [5.41, 5.74) is 1.09. The van der Waals surface area contributed by atoms with Crippen LogP contribution >= 0.6 is 11.6 Å². The van der Waals surface area contributed by atoms with Crippen molar-refractivity contribution in [2.75, 3.05) is 25.6 Å². The summed E-state index contributed by atoms with van der Waals surface area (Å²) in [6.45, 7) is 10.9. The van der Waals surface area contributed by atoms with Gasteiger partial charge in [0, 0.05) is 25.0 Å². The molecular weight excluding hydrogens is 186 g/mol. The fourth-order valence-electron chi connectivity index (χ4n) is 1.52. The van der Waals surface area contributed by atoms with Gasteiger partial charge in [-0.15, -0.1) is 11.6 Å². The summed E-state index contributed by atoms with van der Waals surface area (Å²) in [6, 6.07) is 0.483. The number of alkyl halides is 1. The van der Waals surface area contributed by atoms with Crippen molar-refractivity contribution in [3.05, 3.63) is 12.2 Å². The van der Waals surface area contributed by atoms with Gasteiger partial charge in [0.15, 0.2) is 0 Å². The van der Waals surface area contributed by atoms with Crippen molar-refractivity contribution in [2.24, 2.45) is 0 Å². The molecular formula is C10H18ClNO. The highest BCUT2D eigenvalue weighted by molar-refractivity contribution is 6.19. The van der Waals surface area contributed by atoms with Crippen molar-refractivity contribution in [1.82, 2.24) is 4.90 Å². The van der Waals surface area contributed by atoms with Gasteiger partial charge in [-0.1, -0.05) is 6.58 Å². The fraction of sp³-hybridized carbons (Fsp3) is 0.800. The lowest BCUT2D eigenvalue weighted by atomic mass is 10.2. The zero-order chi connectivity index (χ0) is 9.84. The van der Waals surface area contributed by atoms with E-state index in [2.05, 4.69) is 25.3 Å². The van der Waals surface area contributed by atoms with E-state index in [1.54, 1.807) is 0 Å². The normalized spacial score (nSPS) is 30.4. The highest BCUT2D eigenvalue weighted by Gasteiger charge is 2.23. The van der Waals surface area contributed by atoms with Crippen LogP contribution in [-0.2, 0) is 4.74 Å². The minimum Gasteiger partial charge on any atom is -0.376 e. The molecule has 1 rings (SSSR count). The third-order valence-corrected chi connectivity index (χ3v) is 2.73. The van der Waals surface area contributed by atoms with Gasteiger partial charge in [-0.05, 0) is 19.4 Å². The Hall–Kier alpha value is -0.0500. The zero-order valence-corrected chi connectivity index (χ0v) is 9.18. The lowest BCUT2D eigenvalue weighted by Crippen LogP contribution is -2.47. The van der Waals surface area contributed by atoms with Crippen LogP contribution in [0.25, 0.3) is 0 Å². The van der Waals surface area contributed by atoms with Crippen LogP contribution in [0.4, 0.5) is 0 Å². The van der Waals surface area contributed by atoms with Gasteiger partial charge in [-0.2, -0.15) is 0 Å². The number of rotatable bonds is 3.